The molecule has 0 atom stereocenters. The molecule has 37 heavy (non-hydrogen) atoms. The molecule has 1 heterocycles. The monoisotopic (exact) mass is 515 g/mol. The topological polar surface area (TPSA) is 103 Å². The van der Waals surface area contributed by atoms with Crippen molar-refractivity contribution in [2.45, 2.75) is 18.2 Å². The van der Waals surface area contributed by atoms with E-state index < -0.39 is 10.6 Å². The third kappa shape index (κ3) is 6.98. The summed E-state index contributed by atoms with van der Waals surface area (Å²) in [7, 11) is 2.24. The molecule has 3 aromatic carbocycles. The Bertz CT molecular complexity index is 1400. The number of hydrogen-bond acceptors (Lipinski definition) is 9. The molecule has 4 rings (SSSR count). The van der Waals surface area contributed by atoms with Gasteiger partial charge in [-0.25, -0.2) is 4.98 Å². The molecule has 0 fully saturated rings. The Hall–Kier alpha value is -4.11. The van der Waals surface area contributed by atoms with E-state index in [-0.39, 0.29) is 0 Å². The van der Waals surface area contributed by atoms with Crippen molar-refractivity contribution in [1.82, 2.24) is 9.97 Å². The van der Waals surface area contributed by atoms with E-state index in [1.807, 2.05) is 51.4 Å². The maximum absolute atomic E-state index is 11.6. The lowest BCUT2D eigenvalue weighted by Gasteiger charge is -2.15. The zero-order valence-electron chi connectivity index (χ0n) is 21.2. The standard InChI is InChI=1S/C28H31N6O2S/c1-4-36-24-14-10-21(11-15-24)26-19-31-28(32-22-6-5-7-25(18-22)37(29)35)33-27(26)30-17-16-20-8-12-23(13-9-20)34(2)3/h5-15,18-19,29H,4,16-17H2,1-3H3,(H2,30,31,32,33)/q-1. The number of nitrogens with one attached hydrogen (secondary N) is 3. The van der Waals surface area contributed by atoms with E-state index in [0.717, 1.165) is 23.3 Å². The molecule has 4 aromatic rings. The number of hydrogen-bond donors (Lipinski definition) is 3. The van der Waals surface area contributed by atoms with Gasteiger partial charge in [0.1, 0.15) is 11.6 Å². The second-order valence-corrected chi connectivity index (χ2v) is 9.58. The number of anilines is 4. The predicted octanol–water partition coefficient (Wildman–Crippen LogP) is 6.09. The summed E-state index contributed by atoms with van der Waals surface area (Å²) >= 11 is 0. The fourth-order valence-electron chi connectivity index (χ4n) is 3.79. The van der Waals surface area contributed by atoms with Gasteiger partial charge >= 0.3 is 0 Å². The van der Waals surface area contributed by atoms with E-state index in [4.69, 9.17) is 14.5 Å². The average Bonchev–Trinajstić information content (AvgIpc) is 2.90. The Labute approximate surface area is 219 Å². The molecular weight excluding hydrogens is 484 g/mol. The van der Waals surface area contributed by atoms with Crippen LogP contribution < -0.4 is 20.3 Å². The van der Waals surface area contributed by atoms with Gasteiger partial charge in [-0.05, 0) is 54.8 Å². The van der Waals surface area contributed by atoms with E-state index >= 15 is 0 Å². The van der Waals surface area contributed by atoms with Gasteiger partial charge in [0.05, 0.1) is 6.61 Å². The van der Waals surface area contributed by atoms with Crippen LogP contribution in [-0.4, -0.2) is 37.2 Å². The molecule has 0 saturated carbocycles. The van der Waals surface area contributed by atoms with Crippen molar-refractivity contribution in [3.05, 3.63) is 84.6 Å². The minimum atomic E-state index is -1.82. The van der Waals surface area contributed by atoms with Gasteiger partial charge in [-0.1, -0.05) is 47.4 Å². The Kier molecular flexibility index (Phi) is 8.58. The molecule has 0 unspecified atom stereocenters. The van der Waals surface area contributed by atoms with Crippen LogP contribution in [0, 0.1) is 4.78 Å². The third-order valence-electron chi connectivity index (χ3n) is 5.73. The molecule has 0 amide bonds. The van der Waals surface area contributed by atoms with Crippen molar-refractivity contribution in [2.24, 2.45) is 0 Å². The number of nitrogens with zero attached hydrogens (tertiary/aromatic N) is 3. The Morgan fingerprint density at radius 2 is 1.78 bits per heavy atom. The van der Waals surface area contributed by atoms with Crippen molar-refractivity contribution in [3.63, 3.8) is 0 Å². The van der Waals surface area contributed by atoms with Gasteiger partial charge < -0.3 is 29.3 Å². The molecular formula is C28H31N6O2S-. The summed E-state index contributed by atoms with van der Waals surface area (Å²) < 4.78 is 24.6. The first-order valence-electron chi connectivity index (χ1n) is 12.0. The minimum absolute atomic E-state index is 0.403. The highest BCUT2D eigenvalue weighted by Crippen LogP contribution is 2.29. The highest BCUT2D eigenvalue weighted by atomic mass is 32.2. The predicted molar refractivity (Wildman–Crippen MR) is 150 cm³/mol. The fourth-order valence-corrected chi connectivity index (χ4v) is 4.23. The van der Waals surface area contributed by atoms with Crippen molar-refractivity contribution >= 4 is 33.7 Å². The molecule has 8 nitrogen and oxygen atoms in total. The lowest BCUT2D eigenvalue weighted by atomic mass is 10.1. The summed E-state index contributed by atoms with van der Waals surface area (Å²) in [6.07, 6.45) is 2.62. The molecule has 0 bridgehead atoms. The van der Waals surface area contributed by atoms with Gasteiger partial charge in [0.2, 0.25) is 5.95 Å². The first-order valence-corrected chi connectivity index (χ1v) is 13.2. The molecule has 0 aliphatic carbocycles. The Morgan fingerprint density at radius 1 is 1.03 bits per heavy atom. The molecule has 3 N–H and O–H groups in total. The number of benzene rings is 3. The first-order chi connectivity index (χ1) is 17.9. The lowest BCUT2D eigenvalue weighted by molar-refractivity contribution is 0.340. The first kappa shape index (κ1) is 26.0. The maximum Gasteiger partial charge on any atom is 0.229 e. The van der Waals surface area contributed by atoms with Crippen LogP contribution >= 0.6 is 0 Å². The van der Waals surface area contributed by atoms with Gasteiger partial charge in [0, 0.05) is 43.8 Å². The van der Waals surface area contributed by atoms with E-state index in [1.54, 1.807) is 24.4 Å². The van der Waals surface area contributed by atoms with Crippen LogP contribution in [0.3, 0.4) is 0 Å². The van der Waals surface area contributed by atoms with Gasteiger partial charge in [-0.15, -0.1) is 0 Å². The second kappa shape index (κ2) is 12.2. The van der Waals surface area contributed by atoms with Crippen LogP contribution in [0.5, 0.6) is 5.75 Å². The van der Waals surface area contributed by atoms with Crippen LogP contribution in [-0.2, 0) is 21.2 Å². The fraction of sp³-hybridized carbons (Fsp3) is 0.214. The highest BCUT2D eigenvalue weighted by Gasteiger charge is 2.11. The van der Waals surface area contributed by atoms with Crippen LogP contribution in [0.1, 0.15) is 12.5 Å². The third-order valence-corrected chi connectivity index (χ3v) is 6.41. The number of ether oxygens (including phenoxy) is 1. The lowest BCUT2D eigenvalue weighted by Crippen LogP contribution is -2.10. The van der Waals surface area contributed by atoms with Crippen LogP contribution in [0.2, 0.25) is 0 Å². The van der Waals surface area contributed by atoms with E-state index in [2.05, 4.69) is 44.8 Å². The summed E-state index contributed by atoms with van der Waals surface area (Å²) in [5.41, 5.74) is 4.91. The second-order valence-electron chi connectivity index (χ2n) is 8.57. The van der Waals surface area contributed by atoms with Crippen LogP contribution in [0.4, 0.5) is 23.1 Å². The van der Waals surface area contributed by atoms with Gasteiger partial charge in [0.15, 0.2) is 0 Å². The molecule has 0 aliphatic rings. The van der Waals surface area contributed by atoms with Crippen molar-refractivity contribution in [1.29, 1.82) is 4.78 Å². The smallest absolute Gasteiger partial charge is 0.229 e. The Morgan fingerprint density at radius 3 is 2.46 bits per heavy atom. The van der Waals surface area contributed by atoms with Crippen LogP contribution in [0.15, 0.2) is 83.9 Å². The normalized spacial score (nSPS) is 10.8. The molecule has 9 heteroatoms. The molecule has 1 aromatic heterocycles. The number of rotatable bonds is 11. The zero-order chi connectivity index (χ0) is 26.2. The highest BCUT2D eigenvalue weighted by molar-refractivity contribution is 7.73. The quantitative estimate of drug-likeness (QED) is 0.208. The summed E-state index contributed by atoms with van der Waals surface area (Å²) in [5.74, 6) is 1.92. The van der Waals surface area contributed by atoms with Crippen molar-refractivity contribution < 1.29 is 8.95 Å². The largest absolute Gasteiger partial charge is 0.494 e. The van der Waals surface area contributed by atoms with Gasteiger partial charge in [0.25, 0.3) is 0 Å². The molecule has 0 spiro atoms. The molecule has 0 radical (unpaired) electrons. The Balaban J connectivity index is 1.57. The van der Waals surface area contributed by atoms with E-state index in [1.165, 1.54) is 11.3 Å². The van der Waals surface area contributed by atoms with Crippen molar-refractivity contribution in [2.75, 3.05) is 42.8 Å². The molecule has 0 saturated heterocycles. The summed E-state index contributed by atoms with van der Waals surface area (Å²) in [6.45, 7) is 3.26. The van der Waals surface area contributed by atoms with Gasteiger partial charge in [-0.3, -0.25) is 0 Å². The zero-order valence-corrected chi connectivity index (χ0v) is 22.0. The number of aromatic nitrogens is 2. The van der Waals surface area contributed by atoms with E-state index in [0.29, 0.717) is 35.5 Å². The molecule has 192 valence electrons. The minimum Gasteiger partial charge on any atom is -0.494 e. The molecule has 0 aliphatic heterocycles. The average molecular weight is 516 g/mol. The maximum atomic E-state index is 11.6. The van der Waals surface area contributed by atoms with Gasteiger partial charge in [-0.2, -0.15) is 15.6 Å². The summed E-state index contributed by atoms with van der Waals surface area (Å²) in [5, 5.41) is 6.65. The SMILES string of the molecule is CCOc1ccc(-c2cnc(Nc3cccc([S-](=N)=O)c3)nc2NCCc2ccc(N(C)C)cc2)cc1. The summed E-state index contributed by atoms with van der Waals surface area (Å²) in [4.78, 5) is 11.8. The van der Waals surface area contributed by atoms with Crippen molar-refractivity contribution in [3.8, 4) is 16.9 Å². The summed E-state index contributed by atoms with van der Waals surface area (Å²) in [6, 6.07) is 23.3. The van der Waals surface area contributed by atoms with Crippen LogP contribution in [0.25, 0.3) is 11.1 Å². The van der Waals surface area contributed by atoms with E-state index in [9.17, 15) is 4.21 Å².